The van der Waals surface area contributed by atoms with Crippen LogP contribution in [0.5, 0.6) is 17.2 Å². The molecule has 0 saturated carbocycles. The molecule has 1 saturated heterocycles. The second kappa shape index (κ2) is 13.1. The van der Waals surface area contributed by atoms with Gasteiger partial charge in [0.15, 0.2) is 6.61 Å². The zero-order chi connectivity index (χ0) is 31.3. The number of nitrogens with zero attached hydrogens (tertiary/aromatic N) is 1. The molecule has 0 aliphatic carbocycles. The van der Waals surface area contributed by atoms with Gasteiger partial charge in [0.25, 0.3) is 17.7 Å². The van der Waals surface area contributed by atoms with Crippen molar-refractivity contribution in [3.63, 3.8) is 0 Å². The number of ether oxygens (including phenoxy) is 3. The number of piperidine rings is 1. The third-order valence-corrected chi connectivity index (χ3v) is 8.13. The number of fused-ring (bicyclic) bond motifs is 7. The van der Waals surface area contributed by atoms with E-state index in [1.807, 2.05) is 73.7 Å². The predicted molar refractivity (Wildman–Crippen MR) is 170 cm³/mol. The first kappa shape index (κ1) is 29.7. The maximum absolute atomic E-state index is 13.8. The molecule has 0 aromatic heterocycles. The van der Waals surface area contributed by atoms with E-state index in [0.29, 0.717) is 53.4 Å². The number of likely N-dealkylation sites (tertiary alicyclic amines) is 1. The summed E-state index contributed by atoms with van der Waals surface area (Å²) in [6.07, 6.45) is 0.153. The highest BCUT2D eigenvalue weighted by atomic mass is 16.5. The molecule has 2 N–H and O–H groups in total. The van der Waals surface area contributed by atoms with Gasteiger partial charge in [0.1, 0.15) is 23.4 Å². The molecule has 45 heavy (non-hydrogen) atoms. The number of benzene rings is 4. The lowest BCUT2D eigenvalue weighted by Crippen LogP contribution is -2.58. The Morgan fingerprint density at radius 2 is 1.71 bits per heavy atom. The molecule has 230 valence electrons. The third-order valence-electron chi connectivity index (χ3n) is 8.13. The second-order valence-electron chi connectivity index (χ2n) is 11.3. The third kappa shape index (κ3) is 6.93. The molecule has 1 fully saturated rings. The van der Waals surface area contributed by atoms with Crippen LogP contribution >= 0.6 is 0 Å². The monoisotopic (exact) mass is 605 g/mol. The summed E-state index contributed by atoms with van der Waals surface area (Å²) in [5.41, 5.74) is 4.47. The standard InChI is InChI=1S/C36H35N3O6/c1-23-6-10-25(11-7-23)36(42)39-17-16-33-31(21-39)38-35(41)27-12-15-32(43-2)30(19-27)26-4-3-5-29(18-26)44-22-34(40)37-20-24-8-13-28(45-33)14-9-24/h3-15,18-19,31,33H,16-17,20-22H2,1-2H3,(H,37,40)(H,38,41)/t31-,33-/m1/s1. The molecule has 9 nitrogen and oxygen atoms in total. The Hall–Kier alpha value is -5.31. The molecule has 3 aliphatic rings. The van der Waals surface area contributed by atoms with E-state index in [9.17, 15) is 14.4 Å². The highest BCUT2D eigenvalue weighted by Crippen LogP contribution is 2.33. The summed E-state index contributed by atoms with van der Waals surface area (Å²) in [6, 6.07) is 27.0. The number of rotatable bonds is 2. The summed E-state index contributed by atoms with van der Waals surface area (Å²) < 4.78 is 17.8. The molecule has 9 heteroatoms. The fourth-order valence-electron chi connectivity index (χ4n) is 5.61. The minimum atomic E-state index is -0.479. The lowest BCUT2D eigenvalue weighted by molar-refractivity contribution is -0.123. The number of hydrogen-bond acceptors (Lipinski definition) is 6. The highest BCUT2D eigenvalue weighted by molar-refractivity contribution is 5.97. The molecule has 4 aromatic rings. The van der Waals surface area contributed by atoms with Crippen molar-refractivity contribution in [2.24, 2.45) is 0 Å². The van der Waals surface area contributed by atoms with Crippen LogP contribution in [0.4, 0.5) is 0 Å². The second-order valence-corrected chi connectivity index (χ2v) is 11.3. The van der Waals surface area contributed by atoms with Gasteiger partial charge in [-0.25, -0.2) is 0 Å². The number of methoxy groups -OCH3 is 1. The van der Waals surface area contributed by atoms with E-state index in [4.69, 9.17) is 14.2 Å². The van der Waals surface area contributed by atoms with Gasteiger partial charge in [0, 0.05) is 42.7 Å². The first-order chi connectivity index (χ1) is 21.9. The topological polar surface area (TPSA) is 106 Å². The van der Waals surface area contributed by atoms with Crippen LogP contribution in [-0.2, 0) is 11.3 Å². The Kier molecular flexibility index (Phi) is 8.68. The maximum Gasteiger partial charge on any atom is 0.258 e. The molecule has 6 bridgehead atoms. The average molecular weight is 606 g/mol. The Balaban J connectivity index is 1.33. The van der Waals surface area contributed by atoms with E-state index in [1.54, 1.807) is 36.3 Å². The van der Waals surface area contributed by atoms with Crippen LogP contribution in [0, 0.1) is 6.92 Å². The zero-order valence-electron chi connectivity index (χ0n) is 25.2. The van der Waals surface area contributed by atoms with Crippen molar-refractivity contribution in [2.75, 3.05) is 26.8 Å². The summed E-state index contributed by atoms with van der Waals surface area (Å²) in [6.45, 7) is 2.95. The minimum Gasteiger partial charge on any atom is -0.496 e. The lowest BCUT2D eigenvalue weighted by atomic mass is 9.98. The molecule has 3 amide bonds. The van der Waals surface area contributed by atoms with Gasteiger partial charge in [0.2, 0.25) is 0 Å². The van der Waals surface area contributed by atoms with Crippen LogP contribution in [0.15, 0.2) is 91.0 Å². The smallest absolute Gasteiger partial charge is 0.258 e. The van der Waals surface area contributed by atoms with Gasteiger partial charge in [-0.1, -0.05) is 42.0 Å². The van der Waals surface area contributed by atoms with Gasteiger partial charge in [-0.15, -0.1) is 0 Å². The largest absolute Gasteiger partial charge is 0.496 e. The van der Waals surface area contributed by atoms with E-state index >= 15 is 0 Å². The van der Waals surface area contributed by atoms with Crippen molar-refractivity contribution >= 4 is 17.7 Å². The highest BCUT2D eigenvalue weighted by Gasteiger charge is 2.35. The van der Waals surface area contributed by atoms with Crippen molar-refractivity contribution in [2.45, 2.75) is 32.0 Å². The van der Waals surface area contributed by atoms with E-state index in [0.717, 1.165) is 16.7 Å². The number of nitrogens with one attached hydrogen (secondary N) is 2. The van der Waals surface area contributed by atoms with E-state index < -0.39 is 6.04 Å². The summed E-state index contributed by atoms with van der Waals surface area (Å²) in [4.78, 5) is 41.5. The van der Waals surface area contributed by atoms with Gasteiger partial charge in [-0.05, 0) is 72.6 Å². The van der Waals surface area contributed by atoms with Crippen molar-refractivity contribution < 1.29 is 28.6 Å². The molecule has 0 spiro atoms. The summed E-state index contributed by atoms with van der Waals surface area (Å²) >= 11 is 0. The molecule has 3 heterocycles. The van der Waals surface area contributed by atoms with E-state index in [1.165, 1.54) is 0 Å². The SMILES string of the molecule is COc1ccc2cc1-c1cccc(c1)OCC(=O)NCc1ccc(cc1)O[C@@H]1CCN(C(=O)c3ccc(C)cc3)C[C@H]1NC2=O. The number of hydrogen-bond donors (Lipinski definition) is 2. The Labute approximate surface area is 262 Å². The van der Waals surface area contributed by atoms with Crippen LogP contribution in [0.1, 0.15) is 38.3 Å². The number of carbonyl (C=O) groups is 3. The van der Waals surface area contributed by atoms with Crippen LogP contribution < -0.4 is 24.8 Å². The summed E-state index contributed by atoms with van der Waals surface area (Å²) in [5, 5.41) is 6.05. The predicted octanol–water partition coefficient (Wildman–Crippen LogP) is 4.77. The van der Waals surface area contributed by atoms with Gasteiger partial charge in [0.05, 0.1) is 13.2 Å². The van der Waals surface area contributed by atoms with Crippen LogP contribution in [0.25, 0.3) is 11.1 Å². The van der Waals surface area contributed by atoms with Gasteiger partial charge >= 0.3 is 0 Å². The van der Waals surface area contributed by atoms with Crippen molar-refractivity contribution in [1.82, 2.24) is 15.5 Å². The van der Waals surface area contributed by atoms with Crippen LogP contribution in [0.3, 0.4) is 0 Å². The minimum absolute atomic E-state index is 0.0885. The normalized spacial score (nSPS) is 18.4. The number of carbonyl (C=O) groups excluding carboxylic acids is 3. The first-order valence-electron chi connectivity index (χ1n) is 15.0. The van der Waals surface area contributed by atoms with Crippen LogP contribution in [0.2, 0.25) is 0 Å². The zero-order valence-corrected chi connectivity index (χ0v) is 25.2. The van der Waals surface area contributed by atoms with Gasteiger partial charge < -0.3 is 29.7 Å². The molecule has 2 atom stereocenters. The molecule has 4 aromatic carbocycles. The molecule has 3 aliphatic heterocycles. The quantitative estimate of drug-likeness (QED) is 0.341. The Morgan fingerprint density at radius 1 is 0.911 bits per heavy atom. The molecular formula is C36H35N3O6. The Bertz CT molecular complexity index is 1700. The number of amides is 3. The number of aryl methyl sites for hydroxylation is 1. The Morgan fingerprint density at radius 3 is 2.49 bits per heavy atom. The van der Waals surface area contributed by atoms with Crippen LogP contribution in [-0.4, -0.2) is 61.6 Å². The fourth-order valence-corrected chi connectivity index (χ4v) is 5.61. The van der Waals surface area contributed by atoms with Gasteiger partial charge in [-0.3, -0.25) is 14.4 Å². The lowest BCUT2D eigenvalue weighted by Gasteiger charge is -2.39. The van der Waals surface area contributed by atoms with Gasteiger partial charge in [-0.2, -0.15) is 0 Å². The van der Waals surface area contributed by atoms with Crippen molar-refractivity contribution in [1.29, 1.82) is 0 Å². The molecular weight excluding hydrogens is 570 g/mol. The molecule has 7 rings (SSSR count). The summed E-state index contributed by atoms with van der Waals surface area (Å²) in [7, 11) is 1.57. The first-order valence-corrected chi connectivity index (χ1v) is 15.0. The fraction of sp³-hybridized carbons (Fsp3) is 0.250. The van der Waals surface area contributed by atoms with Crippen molar-refractivity contribution in [3.05, 3.63) is 113 Å². The molecule has 0 radical (unpaired) electrons. The van der Waals surface area contributed by atoms with E-state index in [-0.39, 0.29) is 37.0 Å². The summed E-state index contributed by atoms with van der Waals surface area (Å²) in [5.74, 6) is 1.10. The average Bonchev–Trinajstić information content (AvgIpc) is 3.07. The van der Waals surface area contributed by atoms with Crippen molar-refractivity contribution in [3.8, 4) is 28.4 Å². The maximum atomic E-state index is 13.8. The molecule has 0 unspecified atom stereocenters. The van der Waals surface area contributed by atoms with E-state index in [2.05, 4.69) is 10.6 Å².